The van der Waals surface area contributed by atoms with E-state index in [0.29, 0.717) is 21.2 Å². The molecule has 0 aromatic carbocycles. The first kappa shape index (κ1) is 19.0. The van der Waals surface area contributed by atoms with Crippen molar-refractivity contribution >= 4 is 35.5 Å². The Kier molecular flexibility index (Phi) is 6.25. The van der Waals surface area contributed by atoms with Crippen molar-refractivity contribution in [2.24, 2.45) is 0 Å². The zero-order valence-electron chi connectivity index (χ0n) is 14.6. The lowest BCUT2D eigenvalue weighted by molar-refractivity contribution is -0.169. The Morgan fingerprint density at radius 3 is 2.40 bits per heavy atom. The molecule has 1 aliphatic heterocycles. The smallest absolute Gasteiger partial charge is 0.375 e. The second-order valence-electron chi connectivity index (χ2n) is 6.86. The van der Waals surface area contributed by atoms with Crippen molar-refractivity contribution in [3.8, 4) is 0 Å². The molecule has 1 heterocycles. The summed E-state index contributed by atoms with van der Waals surface area (Å²) >= 11 is 3.10. The molecule has 0 bridgehead atoms. The molecule has 2 aliphatic carbocycles. The topological polar surface area (TPSA) is 72.8 Å². The minimum Gasteiger partial charge on any atom is -0.501 e. The lowest BCUT2D eigenvalue weighted by Crippen LogP contribution is -2.45. The number of esters is 2. The fourth-order valence-electron chi connectivity index (χ4n) is 3.69. The molecule has 0 amide bonds. The van der Waals surface area contributed by atoms with Crippen LogP contribution in [0.2, 0.25) is 0 Å². The van der Waals surface area contributed by atoms with E-state index in [4.69, 9.17) is 9.47 Å². The van der Waals surface area contributed by atoms with Gasteiger partial charge in [-0.25, -0.2) is 9.59 Å². The molecule has 7 heteroatoms. The van der Waals surface area contributed by atoms with Crippen LogP contribution in [0.25, 0.3) is 0 Å². The van der Waals surface area contributed by atoms with Gasteiger partial charge in [0.05, 0.1) is 11.5 Å². The molecule has 3 rings (SSSR count). The maximum Gasteiger partial charge on any atom is 0.375 e. The van der Waals surface area contributed by atoms with E-state index in [1.165, 1.54) is 24.6 Å². The highest BCUT2D eigenvalue weighted by atomic mass is 32.2. The summed E-state index contributed by atoms with van der Waals surface area (Å²) in [4.78, 5) is 25.3. The largest absolute Gasteiger partial charge is 0.501 e. The second kappa shape index (κ2) is 8.25. The standard InChI is InChI=1S/C18H26O5S2/c1-2-22-17(21)18(11-24-12-7-3-4-8-12)15(14(19)16(20)23-18)25-13-9-5-6-10-13/h12-13,19H,2-11H2,1H3. The fraction of sp³-hybridized carbons (Fsp3) is 0.778. The van der Waals surface area contributed by atoms with E-state index in [-0.39, 0.29) is 6.61 Å². The molecule has 1 N–H and O–H groups in total. The number of carbonyl (C=O) groups is 2. The number of carbonyl (C=O) groups excluding carboxylic acids is 2. The average molecular weight is 387 g/mol. The van der Waals surface area contributed by atoms with Gasteiger partial charge in [-0.15, -0.1) is 11.8 Å². The molecule has 25 heavy (non-hydrogen) atoms. The Morgan fingerprint density at radius 2 is 1.80 bits per heavy atom. The van der Waals surface area contributed by atoms with E-state index < -0.39 is 23.3 Å². The molecule has 140 valence electrons. The normalized spacial score (nSPS) is 28.0. The number of ether oxygens (including phenoxy) is 2. The zero-order valence-corrected chi connectivity index (χ0v) is 16.3. The Bertz CT molecular complexity index is 550. The summed E-state index contributed by atoms with van der Waals surface area (Å²) in [5, 5.41) is 11.1. The highest BCUT2D eigenvalue weighted by Gasteiger charge is 2.56. The SMILES string of the molecule is CCOC(=O)C1(CSC2CCCC2)OC(=O)C(O)=C1SC1CCCC1. The van der Waals surface area contributed by atoms with Gasteiger partial charge in [-0.1, -0.05) is 25.7 Å². The van der Waals surface area contributed by atoms with E-state index in [9.17, 15) is 14.7 Å². The van der Waals surface area contributed by atoms with Crippen molar-refractivity contribution in [2.45, 2.75) is 74.4 Å². The third kappa shape index (κ3) is 3.97. The Labute approximate surface area is 157 Å². The van der Waals surface area contributed by atoms with Crippen molar-refractivity contribution in [1.29, 1.82) is 0 Å². The van der Waals surface area contributed by atoms with Gasteiger partial charge in [-0.05, 0) is 32.6 Å². The summed E-state index contributed by atoms with van der Waals surface area (Å²) in [5.74, 6) is -1.45. The zero-order chi connectivity index (χ0) is 17.9. The summed E-state index contributed by atoms with van der Waals surface area (Å²) < 4.78 is 10.7. The van der Waals surface area contributed by atoms with Crippen LogP contribution in [0.15, 0.2) is 10.7 Å². The van der Waals surface area contributed by atoms with Gasteiger partial charge < -0.3 is 14.6 Å². The summed E-state index contributed by atoms with van der Waals surface area (Å²) in [7, 11) is 0. The third-order valence-electron chi connectivity index (χ3n) is 5.06. The van der Waals surface area contributed by atoms with Crippen LogP contribution < -0.4 is 0 Å². The van der Waals surface area contributed by atoms with Gasteiger partial charge in [0.25, 0.3) is 5.60 Å². The minimum atomic E-state index is -1.47. The number of rotatable bonds is 7. The van der Waals surface area contributed by atoms with Crippen LogP contribution in [0.1, 0.15) is 58.3 Å². The lowest BCUT2D eigenvalue weighted by atomic mass is 10.1. The van der Waals surface area contributed by atoms with E-state index in [1.807, 2.05) is 0 Å². The molecular formula is C18H26O5S2. The van der Waals surface area contributed by atoms with Crippen molar-refractivity contribution in [3.05, 3.63) is 10.7 Å². The first-order valence-electron chi connectivity index (χ1n) is 9.19. The van der Waals surface area contributed by atoms with Crippen molar-refractivity contribution < 1.29 is 24.2 Å². The van der Waals surface area contributed by atoms with Gasteiger partial charge in [0.2, 0.25) is 5.76 Å². The lowest BCUT2D eigenvalue weighted by Gasteiger charge is -2.29. The maximum atomic E-state index is 12.8. The predicted molar refractivity (Wildman–Crippen MR) is 99.7 cm³/mol. The molecule has 0 spiro atoms. The average Bonchev–Trinajstić information content (AvgIpc) is 3.32. The molecule has 0 saturated heterocycles. The summed E-state index contributed by atoms with van der Waals surface area (Å²) in [6.45, 7) is 1.95. The van der Waals surface area contributed by atoms with E-state index in [0.717, 1.165) is 38.5 Å². The van der Waals surface area contributed by atoms with Crippen LogP contribution >= 0.6 is 23.5 Å². The number of hydrogen-bond donors (Lipinski definition) is 1. The first-order chi connectivity index (χ1) is 12.1. The second-order valence-corrected chi connectivity index (χ2v) is 9.46. The quantitative estimate of drug-likeness (QED) is 0.664. The van der Waals surface area contributed by atoms with Crippen molar-refractivity contribution in [3.63, 3.8) is 0 Å². The Morgan fingerprint density at radius 1 is 1.20 bits per heavy atom. The molecule has 0 radical (unpaired) electrons. The molecule has 0 aromatic rings. The predicted octanol–water partition coefficient (Wildman–Crippen LogP) is 3.97. The molecule has 0 aromatic heterocycles. The summed E-state index contributed by atoms with van der Waals surface area (Å²) in [6.07, 6.45) is 9.00. The van der Waals surface area contributed by atoms with Gasteiger partial charge in [0.15, 0.2) is 0 Å². The third-order valence-corrected chi connectivity index (χ3v) is 8.14. The number of hydrogen-bond acceptors (Lipinski definition) is 7. The molecule has 1 unspecified atom stereocenters. The Hall–Kier alpha value is -0.820. The minimum absolute atomic E-state index is 0.217. The van der Waals surface area contributed by atoms with Gasteiger partial charge in [0, 0.05) is 16.3 Å². The van der Waals surface area contributed by atoms with Gasteiger partial charge >= 0.3 is 11.9 Å². The van der Waals surface area contributed by atoms with E-state index in [2.05, 4.69) is 0 Å². The van der Waals surface area contributed by atoms with Crippen LogP contribution in [0.4, 0.5) is 0 Å². The van der Waals surface area contributed by atoms with Crippen molar-refractivity contribution in [2.75, 3.05) is 12.4 Å². The van der Waals surface area contributed by atoms with Crippen LogP contribution in [-0.2, 0) is 19.1 Å². The Balaban J connectivity index is 1.84. The molecule has 2 fully saturated rings. The summed E-state index contributed by atoms with van der Waals surface area (Å²) in [6, 6.07) is 0. The molecule has 5 nitrogen and oxygen atoms in total. The van der Waals surface area contributed by atoms with Crippen LogP contribution in [-0.4, -0.2) is 45.5 Å². The first-order valence-corrected chi connectivity index (χ1v) is 11.1. The van der Waals surface area contributed by atoms with Crippen molar-refractivity contribution in [1.82, 2.24) is 0 Å². The number of aliphatic hydroxyl groups excluding tert-OH is 1. The number of aliphatic hydroxyl groups is 1. The van der Waals surface area contributed by atoms with Crippen LogP contribution in [0.3, 0.4) is 0 Å². The van der Waals surface area contributed by atoms with Gasteiger partial charge in [0.1, 0.15) is 0 Å². The maximum absolute atomic E-state index is 12.8. The number of thioether (sulfide) groups is 2. The van der Waals surface area contributed by atoms with Gasteiger partial charge in [-0.2, -0.15) is 11.8 Å². The molecule has 2 saturated carbocycles. The molecule has 1 atom stereocenters. The molecule has 3 aliphatic rings. The number of cyclic esters (lactones) is 1. The van der Waals surface area contributed by atoms with Crippen LogP contribution in [0.5, 0.6) is 0 Å². The fourth-order valence-corrected chi connectivity index (χ4v) is 6.72. The molecular weight excluding hydrogens is 360 g/mol. The monoisotopic (exact) mass is 386 g/mol. The highest BCUT2D eigenvalue weighted by molar-refractivity contribution is 8.04. The van der Waals surface area contributed by atoms with Gasteiger partial charge in [-0.3, -0.25) is 0 Å². The van der Waals surface area contributed by atoms with E-state index >= 15 is 0 Å². The summed E-state index contributed by atoms with van der Waals surface area (Å²) in [5.41, 5.74) is -1.47. The van der Waals surface area contributed by atoms with E-state index in [1.54, 1.807) is 18.7 Å². The van der Waals surface area contributed by atoms with Crippen LogP contribution in [0, 0.1) is 0 Å². The highest BCUT2D eigenvalue weighted by Crippen LogP contribution is 2.48.